The number of likely N-dealkylation sites (tertiary alicyclic amines) is 1. The molecular formula is C24H21N3O4. The smallest absolute Gasteiger partial charge is 0.254 e. The number of amides is 1. The predicted molar refractivity (Wildman–Crippen MR) is 112 cm³/mol. The lowest BCUT2D eigenvalue weighted by atomic mass is 10.00. The van der Waals surface area contributed by atoms with E-state index in [0.29, 0.717) is 23.3 Å². The molecule has 0 radical (unpaired) electrons. The van der Waals surface area contributed by atoms with E-state index in [9.17, 15) is 14.7 Å². The molecule has 0 unspecified atom stereocenters. The molecule has 0 bridgehead atoms. The van der Waals surface area contributed by atoms with Crippen LogP contribution in [0.3, 0.4) is 0 Å². The number of nitriles is 1. The molecule has 0 aliphatic carbocycles. The molecule has 1 aromatic heterocycles. The molecule has 7 nitrogen and oxygen atoms in total. The zero-order chi connectivity index (χ0) is 21.8. The Balaban J connectivity index is 1.42. The molecule has 1 fully saturated rings. The van der Waals surface area contributed by atoms with Gasteiger partial charge in [0.25, 0.3) is 5.91 Å². The van der Waals surface area contributed by atoms with E-state index in [4.69, 9.17) is 9.68 Å². The van der Waals surface area contributed by atoms with Crippen LogP contribution in [0.25, 0.3) is 11.3 Å². The van der Waals surface area contributed by atoms with Crippen LogP contribution in [0.2, 0.25) is 0 Å². The van der Waals surface area contributed by atoms with E-state index >= 15 is 0 Å². The minimum atomic E-state index is -0.738. The van der Waals surface area contributed by atoms with Crippen molar-refractivity contribution in [2.45, 2.75) is 31.4 Å². The molecule has 2 heterocycles. The van der Waals surface area contributed by atoms with Crippen LogP contribution in [-0.2, 0) is 11.2 Å². The van der Waals surface area contributed by atoms with E-state index in [1.807, 2.05) is 30.3 Å². The number of hydrogen-bond acceptors (Lipinski definition) is 6. The van der Waals surface area contributed by atoms with Gasteiger partial charge in [-0.25, -0.2) is 4.98 Å². The van der Waals surface area contributed by atoms with Crippen molar-refractivity contribution in [1.29, 1.82) is 5.26 Å². The van der Waals surface area contributed by atoms with Gasteiger partial charge in [0, 0.05) is 30.5 Å². The van der Waals surface area contributed by atoms with Crippen LogP contribution in [0.4, 0.5) is 0 Å². The van der Waals surface area contributed by atoms with Gasteiger partial charge < -0.3 is 14.4 Å². The average molecular weight is 415 g/mol. The molecule has 1 aliphatic heterocycles. The molecule has 4 rings (SSSR count). The maximum atomic E-state index is 12.9. The van der Waals surface area contributed by atoms with Crippen LogP contribution < -0.4 is 0 Å². The minimum absolute atomic E-state index is 0.0827. The first kappa shape index (κ1) is 20.5. The maximum absolute atomic E-state index is 12.9. The third-order valence-corrected chi connectivity index (χ3v) is 5.48. The molecule has 1 aliphatic rings. The molecule has 0 spiro atoms. The predicted octanol–water partition coefficient (Wildman–Crippen LogP) is 2.99. The van der Waals surface area contributed by atoms with E-state index in [0.717, 1.165) is 11.1 Å². The summed E-state index contributed by atoms with van der Waals surface area (Å²) in [6.07, 6.45) is 3.31. The quantitative estimate of drug-likeness (QED) is 0.663. The lowest BCUT2D eigenvalue weighted by molar-refractivity contribution is -0.122. The summed E-state index contributed by atoms with van der Waals surface area (Å²) in [5.74, 6) is 0.251. The van der Waals surface area contributed by atoms with Gasteiger partial charge in [-0.3, -0.25) is 9.59 Å². The van der Waals surface area contributed by atoms with Gasteiger partial charge in [0.15, 0.2) is 17.9 Å². The molecule has 31 heavy (non-hydrogen) atoms. The number of ketones is 1. The zero-order valence-corrected chi connectivity index (χ0v) is 16.8. The van der Waals surface area contributed by atoms with Gasteiger partial charge in [0.05, 0.1) is 30.0 Å². The highest BCUT2D eigenvalue weighted by Crippen LogP contribution is 2.24. The number of aliphatic hydroxyl groups excluding tert-OH is 1. The number of oxazole rings is 1. The Hall–Kier alpha value is -3.76. The second kappa shape index (κ2) is 8.94. The number of hydrogen-bond donors (Lipinski definition) is 1. The standard InChI is InChI=1S/C24H21N3O4/c25-12-17-2-1-3-19(10-17)24(30)27-14-20(28)11-21(27)22(29)9-6-16-4-7-18(8-5-16)23-13-26-15-31-23/h1-5,7-8,10,13,15,20-21,28H,6,9,11,14H2/t20-,21+/m1/s1. The van der Waals surface area contributed by atoms with E-state index < -0.39 is 12.1 Å². The fourth-order valence-electron chi connectivity index (χ4n) is 3.86. The van der Waals surface area contributed by atoms with Gasteiger partial charge in [-0.1, -0.05) is 30.3 Å². The van der Waals surface area contributed by atoms with Crippen molar-refractivity contribution >= 4 is 11.7 Å². The van der Waals surface area contributed by atoms with Crippen LogP contribution in [0.5, 0.6) is 0 Å². The summed E-state index contributed by atoms with van der Waals surface area (Å²) in [7, 11) is 0. The monoisotopic (exact) mass is 415 g/mol. The highest BCUT2D eigenvalue weighted by Gasteiger charge is 2.38. The number of aliphatic hydroxyl groups is 1. The first-order valence-corrected chi connectivity index (χ1v) is 10.0. The number of β-amino-alcohol motifs (C(OH)–C–C–N with tert-alkyl or cyclic N) is 1. The molecule has 2 atom stereocenters. The lowest BCUT2D eigenvalue weighted by Crippen LogP contribution is -2.40. The Labute approximate surface area is 179 Å². The Morgan fingerprint density at radius 2 is 2.03 bits per heavy atom. The van der Waals surface area contributed by atoms with Crippen LogP contribution in [0.1, 0.15) is 34.3 Å². The Kier molecular flexibility index (Phi) is 5.92. The lowest BCUT2D eigenvalue weighted by Gasteiger charge is -2.23. The summed E-state index contributed by atoms with van der Waals surface area (Å²) in [6, 6.07) is 15.4. The summed E-state index contributed by atoms with van der Waals surface area (Å²) in [5, 5.41) is 19.2. The first-order valence-electron chi connectivity index (χ1n) is 10.0. The molecule has 156 valence electrons. The van der Waals surface area contributed by atoms with E-state index in [-0.39, 0.29) is 31.1 Å². The van der Waals surface area contributed by atoms with Crippen molar-refractivity contribution in [1.82, 2.24) is 9.88 Å². The fourth-order valence-corrected chi connectivity index (χ4v) is 3.86. The van der Waals surface area contributed by atoms with Crippen molar-refractivity contribution in [3.63, 3.8) is 0 Å². The highest BCUT2D eigenvalue weighted by atomic mass is 16.3. The van der Waals surface area contributed by atoms with Gasteiger partial charge in [0.2, 0.25) is 0 Å². The van der Waals surface area contributed by atoms with Gasteiger partial charge in [-0.15, -0.1) is 0 Å². The third-order valence-electron chi connectivity index (χ3n) is 5.48. The van der Waals surface area contributed by atoms with E-state index in [1.54, 1.807) is 24.4 Å². The van der Waals surface area contributed by atoms with Crippen LogP contribution in [-0.4, -0.2) is 45.4 Å². The van der Waals surface area contributed by atoms with Gasteiger partial charge in [-0.05, 0) is 30.2 Å². The number of carbonyl (C=O) groups excluding carboxylic acids is 2. The molecule has 1 saturated heterocycles. The van der Waals surface area contributed by atoms with Crippen molar-refractivity contribution in [2.24, 2.45) is 0 Å². The molecule has 3 aromatic rings. The van der Waals surface area contributed by atoms with Gasteiger partial charge >= 0.3 is 0 Å². The van der Waals surface area contributed by atoms with Crippen LogP contribution in [0.15, 0.2) is 65.5 Å². The Morgan fingerprint density at radius 3 is 2.74 bits per heavy atom. The number of Topliss-reactive ketones (excluding diaryl/α,β-unsaturated/α-hetero) is 1. The van der Waals surface area contributed by atoms with Gasteiger partial charge in [-0.2, -0.15) is 5.26 Å². The second-order valence-corrected chi connectivity index (χ2v) is 7.58. The molecule has 7 heteroatoms. The summed E-state index contributed by atoms with van der Waals surface area (Å²) in [5.41, 5.74) is 2.62. The largest absolute Gasteiger partial charge is 0.444 e. The SMILES string of the molecule is N#Cc1cccc(C(=O)N2C[C@H](O)C[C@H]2C(=O)CCc2ccc(-c3cnco3)cc2)c1. The third kappa shape index (κ3) is 4.55. The molecular weight excluding hydrogens is 394 g/mol. The molecule has 2 aromatic carbocycles. The Bertz CT molecular complexity index is 1120. The summed E-state index contributed by atoms with van der Waals surface area (Å²) in [4.78, 5) is 31.2. The number of carbonyl (C=O) groups is 2. The summed E-state index contributed by atoms with van der Waals surface area (Å²) < 4.78 is 5.28. The average Bonchev–Trinajstić information content (AvgIpc) is 3.47. The topological polar surface area (TPSA) is 107 Å². The highest BCUT2D eigenvalue weighted by molar-refractivity contribution is 5.98. The number of rotatable bonds is 6. The van der Waals surface area contributed by atoms with E-state index in [1.165, 1.54) is 17.4 Å². The van der Waals surface area contributed by atoms with Crippen molar-refractivity contribution in [3.8, 4) is 17.4 Å². The minimum Gasteiger partial charge on any atom is -0.444 e. The van der Waals surface area contributed by atoms with Gasteiger partial charge in [0.1, 0.15) is 0 Å². The number of benzene rings is 2. The van der Waals surface area contributed by atoms with Crippen LogP contribution >= 0.6 is 0 Å². The fraction of sp³-hybridized carbons (Fsp3) is 0.250. The zero-order valence-electron chi connectivity index (χ0n) is 16.8. The van der Waals surface area contributed by atoms with Crippen molar-refractivity contribution in [3.05, 3.63) is 77.8 Å². The summed E-state index contributed by atoms with van der Waals surface area (Å²) in [6.45, 7) is 0.109. The molecule has 0 saturated carbocycles. The van der Waals surface area contributed by atoms with Crippen molar-refractivity contribution < 1.29 is 19.1 Å². The summed E-state index contributed by atoms with van der Waals surface area (Å²) >= 11 is 0. The normalized spacial score (nSPS) is 18.0. The number of nitrogens with zero attached hydrogens (tertiary/aromatic N) is 3. The molecule has 1 amide bonds. The Morgan fingerprint density at radius 1 is 1.23 bits per heavy atom. The van der Waals surface area contributed by atoms with Crippen molar-refractivity contribution in [2.75, 3.05) is 6.54 Å². The number of aromatic nitrogens is 1. The van der Waals surface area contributed by atoms with E-state index in [2.05, 4.69) is 4.98 Å². The first-order chi connectivity index (χ1) is 15.0. The maximum Gasteiger partial charge on any atom is 0.254 e. The number of aryl methyl sites for hydroxylation is 1. The molecule has 1 N–H and O–H groups in total. The second-order valence-electron chi connectivity index (χ2n) is 7.58. The van der Waals surface area contributed by atoms with Crippen LogP contribution in [0, 0.1) is 11.3 Å².